The molecule has 4 nitrogen and oxygen atoms in total. The first-order valence-corrected chi connectivity index (χ1v) is 12.4. The second-order valence-electron chi connectivity index (χ2n) is 11.4. The molecule has 202 valence electrons. The van der Waals surface area contributed by atoms with Gasteiger partial charge in [-0.25, -0.2) is 8.78 Å². The van der Waals surface area contributed by atoms with Crippen molar-refractivity contribution in [2.45, 2.75) is 62.9 Å². The number of anilines is 1. The standard InChI is InChI=1S/C28H33F5N2O2/c1-25(2,37)16-34-24(36)20-11-12-27(14-17-5-8-19(29)9-6-17)21-10-7-18(26(3,30)28(31,32)33)13-23(21)35(4)15-22(20)27/h5-10,13,20,22,37H,11-12,14-16H2,1-4H3,(H,34,36)/t20-,22+,26?,27-/m1/s1. The van der Waals surface area contributed by atoms with Gasteiger partial charge in [0.05, 0.1) is 5.60 Å². The van der Waals surface area contributed by atoms with Crippen molar-refractivity contribution in [2.24, 2.45) is 11.8 Å². The molecule has 2 aromatic carbocycles. The number of carbonyl (C=O) groups is 1. The predicted molar refractivity (Wildman–Crippen MR) is 132 cm³/mol. The van der Waals surface area contributed by atoms with Crippen LogP contribution in [0.15, 0.2) is 42.5 Å². The molecule has 37 heavy (non-hydrogen) atoms. The van der Waals surface area contributed by atoms with E-state index in [0.29, 0.717) is 38.4 Å². The molecule has 1 aliphatic carbocycles. The van der Waals surface area contributed by atoms with E-state index in [1.54, 1.807) is 44.0 Å². The zero-order valence-corrected chi connectivity index (χ0v) is 21.4. The number of benzene rings is 2. The molecule has 4 rings (SSSR count). The highest BCUT2D eigenvalue weighted by molar-refractivity contribution is 5.80. The van der Waals surface area contributed by atoms with E-state index in [9.17, 15) is 31.9 Å². The summed E-state index contributed by atoms with van der Waals surface area (Å²) in [5.74, 6) is -1.15. The molecule has 1 amide bonds. The van der Waals surface area contributed by atoms with Gasteiger partial charge in [0.1, 0.15) is 5.82 Å². The molecule has 1 aliphatic heterocycles. The molecule has 1 heterocycles. The number of carbonyl (C=O) groups excluding carboxylic acids is 1. The second-order valence-corrected chi connectivity index (χ2v) is 11.4. The first kappa shape index (κ1) is 27.4. The van der Waals surface area contributed by atoms with Crippen LogP contribution < -0.4 is 10.2 Å². The Kier molecular flexibility index (Phi) is 6.84. The monoisotopic (exact) mass is 524 g/mol. The molecule has 0 aromatic heterocycles. The molecule has 2 aliphatic rings. The van der Waals surface area contributed by atoms with Gasteiger partial charge in [-0.15, -0.1) is 0 Å². The highest BCUT2D eigenvalue weighted by Crippen LogP contribution is 2.57. The van der Waals surface area contributed by atoms with Gasteiger partial charge in [-0.3, -0.25) is 4.79 Å². The lowest BCUT2D eigenvalue weighted by Gasteiger charge is -2.47. The summed E-state index contributed by atoms with van der Waals surface area (Å²) >= 11 is 0. The number of hydrogen-bond acceptors (Lipinski definition) is 3. The normalized spacial score (nSPS) is 25.3. The van der Waals surface area contributed by atoms with Crippen LogP contribution in [0, 0.1) is 17.7 Å². The summed E-state index contributed by atoms with van der Waals surface area (Å²) < 4.78 is 68.9. The summed E-state index contributed by atoms with van der Waals surface area (Å²) in [7, 11) is 1.73. The zero-order chi connectivity index (χ0) is 27.4. The Bertz CT molecular complexity index is 1160. The molecule has 0 saturated heterocycles. The van der Waals surface area contributed by atoms with Crippen LogP contribution in [0.5, 0.6) is 0 Å². The molecule has 2 aromatic rings. The van der Waals surface area contributed by atoms with Gasteiger partial charge >= 0.3 is 6.18 Å². The lowest BCUT2D eigenvalue weighted by Crippen LogP contribution is -2.50. The summed E-state index contributed by atoms with van der Waals surface area (Å²) in [4.78, 5) is 15.0. The van der Waals surface area contributed by atoms with Crippen molar-refractivity contribution in [3.8, 4) is 0 Å². The number of halogens is 5. The summed E-state index contributed by atoms with van der Waals surface area (Å²) in [5.41, 5.74) is -3.58. The maximum absolute atomic E-state index is 14.9. The van der Waals surface area contributed by atoms with Crippen LogP contribution in [0.2, 0.25) is 0 Å². The first-order chi connectivity index (χ1) is 17.0. The highest BCUT2D eigenvalue weighted by Gasteiger charge is 2.57. The number of alkyl halides is 4. The Morgan fingerprint density at radius 2 is 1.76 bits per heavy atom. The molecule has 1 unspecified atom stereocenters. The largest absolute Gasteiger partial charge is 0.426 e. The second kappa shape index (κ2) is 9.26. The van der Waals surface area contributed by atoms with E-state index >= 15 is 0 Å². The Hall–Kier alpha value is -2.68. The fraction of sp³-hybridized carbons (Fsp3) is 0.536. The molecular weight excluding hydrogens is 491 g/mol. The topological polar surface area (TPSA) is 52.6 Å². The molecule has 1 fully saturated rings. The van der Waals surface area contributed by atoms with E-state index in [-0.39, 0.29) is 30.1 Å². The van der Waals surface area contributed by atoms with Gasteiger partial charge in [0.2, 0.25) is 11.6 Å². The minimum Gasteiger partial charge on any atom is -0.389 e. The lowest BCUT2D eigenvalue weighted by molar-refractivity contribution is -0.228. The van der Waals surface area contributed by atoms with Gasteiger partial charge in [-0.1, -0.05) is 24.3 Å². The number of hydrogen-bond donors (Lipinski definition) is 2. The fourth-order valence-electron chi connectivity index (χ4n) is 5.97. The van der Waals surface area contributed by atoms with Crippen molar-refractivity contribution in [1.82, 2.24) is 5.32 Å². The summed E-state index contributed by atoms with van der Waals surface area (Å²) in [6, 6.07) is 10.1. The van der Waals surface area contributed by atoms with Gasteiger partial charge in [-0.05, 0) is 75.3 Å². The Morgan fingerprint density at radius 1 is 1.11 bits per heavy atom. The van der Waals surface area contributed by atoms with Crippen molar-refractivity contribution in [3.05, 3.63) is 65.0 Å². The molecule has 2 N–H and O–H groups in total. The molecule has 0 spiro atoms. The van der Waals surface area contributed by atoms with Crippen LogP contribution in [-0.2, 0) is 22.3 Å². The number of rotatable bonds is 6. The zero-order valence-electron chi connectivity index (χ0n) is 21.4. The summed E-state index contributed by atoms with van der Waals surface area (Å²) in [5, 5.41) is 12.9. The van der Waals surface area contributed by atoms with Crippen molar-refractivity contribution in [2.75, 3.05) is 25.0 Å². The van der Waals surface area contributed by atoms with E-state index < -0.39 is 28.4 Å². The van der Waals surface area contributed by atoms with Gasteiger partial charge in [-0.2, -0.15) is 13.2 Å². The molecule has 9 heteroatoms. The van der Waals surface area contributed by atoms with Gasteiger partial charge < -0.3 is 15.3 Å². The third-order valence-electron chi connectivity index (χ3n) is 8.05. The Labute approximate surface area is 213 Å². The van der Waals surface area contributed by atoms with E-state index in [1.807, 2.05) is 0 Å². The van der Waals surface area contributed by atoms with Gasteiger partial charge in [0.25, 0.3) is 0 Å². The van der Waals surface area contributed by atoms with Gasteiger partial charge in [0.15, 0.2) is 0 Å². The lowest BCUT2D eigenvalue weighted by atomic mass is 9.64. The maximum Gasteiger partial charge on any atom is 0.426 e. The van der Waals surface area contributed by atoms with Crippen LogP contribution in [-0.4, -0.2) is 42.9 Å². The quantitative estimate of drug-likeness (QED) is 0.497. The number of aliphatic hydroxyl groups is 1. The van der Waals surface area contributed by atoms with Crippen LogP contribution in [0.25, 0.3) is 0 Å². The third kappa shape index (κ3) is 5.07. The number of amides is 1. The molecule has 0 bridgehead atoms. The van der Waals surface area contributed by atoms with Crippen molar-refractivity contribution < 1.29 is 31.9 Å². The van der Waals surface area contributed by atoms with Crippen molar-refractivity contribution in [1.29, 1.82) is 0 Å². The first-order valence-electron chi connectivity index (χ1n) is 12.4. The van der Waals surface area contributed by atoms with E-state index in [4.69, 9.17) is 0 Å². The van der Waals surface area contributed by atoms with Crippen LogP contribution >= 0.6 is 0 Å². The number of fused-ring (bicyclic) bond motifs is 3. The number of nitrogens with zero attached hydrogens (tertiary/aromatic N) is 1. The van der Waals surface area contributed by atoms with Gasteiger partial charge in [0, 0.05) is 42.7 Å². The van der Waals surface area contributed by atoms with Crippen LogP contribution in [0.3, 0.4) is 0 Å². The number of nitrogens with one attached hydrogen (secondary N) is 1. The minimum atomic E-state index is -5.07. The van der Waals surface area contributed by atoms with Crippen LogP contribution in [0.1, 0.15) is 50.3 Å². The average molecular weight is 525 g/mol. The fourth-order valence-corrected chi connectivity index (χ4v) is 5.97. The third-order valence-corrected chi connectivity index (χ3v) is 8.05. The smallest absolute Gasteiger partial charge is 0.389 e. The minimum absolute atomic E-state index is 0.0856. The maximum atomic E-state index is 14.9. The predicted octanol–water partition coefficient (Wildman–Crippen LogP) is 5.42. The average Bonchev–Trinajstić information content (AvgIpc) is 3.16. The SMILES string of the molecule is CN1C[C@H]2[C@H](C(=O)NCC(C)(C)O)CC[C@@]2(Cc2ccc(F)cc2)c2ccc(C(C)(F)C(F)(F)F)cc21. The molecule has 0 radical (unpaired) electrons. The van der Waals surface area contributed by atoms with Crippen LogP contribution in [0.4, 0.5) is 27.6 Å². The van der Waals surface area contributed by atoms with E-state index in [2.05, 4.69) is 5.32 Å². The Morgan fingerprint density at radius 3 is 2.35 bits per heavy atom. The van der Waals surface area contributed by atoms with E-state index in [1.165, 1.54) is 24.3 Å². The van der Waals surface area contributed by atoms with Crippen molar-refractivity contribution in [3.63, 3.8) is 0 Å². The molecule has 4 atom stereocenters. The highest BCUT2D eigenvalue weighted by atomic mass is 19.4. The molecule has 1 saturated carbocycles. The summed E-state index contributed by atoms with van der Waals surface area (Å²) in [6.45, 7) is 4.19. The molecular formula is C28H33F5N2O2. The summed E-state index contributed by atoms with van der Waals surface area (Å²) in [6.07, 6.45) is -3.48. The van der Waals surface area contributed by atoms with Crippen molar-refractivity contribution >= 4 is 11.6 Å². The van der Waals surface area contributed by atoms with E-state index in [0.717, 1.165) is 11.1 Å². The Balaban J connectivity index is 1.78.